The molecule has 0 aliphatic carbocycles. The molecular formula is C45H32N2O. The highest BCUT2D eigenvalue weighted by atomic mass is 16.3. The van der Waals surface area contributed by atoms with Gasteiger partial charge in [-0.2, -0.15) is 0 Å². The quantitative estimate of drug-likeness (QED) is 0.185. The molecule has 0 unspecified atom stereocenters. The number of fused-ring (bicyclic) bond motifs is 10. The van der Waals surface area contributed by atoms with Gasteiger partial charge >= 0.3 is 0 Å². The minimum Gasteiger partial charge on any atom is -0.455 e. The Morgan fingerprint density at radius 2 is 0.958 bits per heavy atom. The molecular weight excluding hydrogens is 585 g/mol. The van der Waals surface area contributed by atoms with E-state index in [0.717, 1.165) is 60.6 Å². The summed E-state index contributed by atoms with van der Waals surface area (Å²) < 4.78 is 8.85. The smallest absolute Gasteiger partial charge is 0.144 e. The van der Waals surface area contributed by atoms with Gasteiger partial charge in [-0.25, -0.2) is 4.98 Å². The molecule has 0 bridgehead atoms. The number of furan rings is 1. The number of hydrogen-bond acceptors (Lipinski definition) is 2. The molecule has 0 radical (unpaired) electrons. The first-order valence-corrected chi connectivity index (χ1v) is 16.6. The van der Waals surface area contributed by atoms with Crippen LogP contribution in [0.3, 0.4) is 0 Å². The highest BCUT2D eigenvalue weighted by molar-refractivity contribution is 6.24. The third kappa shape index (κ3) is 4.25. The molecule has 0 fully saturated rings. The van der Waals surface area contributed by atoms with Crippen LogP contribution >= 0.6 is 0 Å². The number of pyridine rings is 1. The predicted molar refractivity (Wildman–Crippen MR) is 203 cm³/mol. The molecule has 228 valence electrons. The Hall–Kier alpha value is -6.19. The molecule has 0 spiro atoms. The number of rotatable bonds is 3. The predicted octanol–water partition coefficient (Wildman–Crippen LogP) is 12.7. The van der Waals surface area contributed by atoms with Gasteiger partial charge < -0.3 is 8.98 Å². The second-order valence-electron chi connectivity index (χ2n) is 11.9. The zero-order chi connectivity index (χ0) is 32.2. The molecule has 0 saturated heterocycles. The summed E-state index contributed by atoms with van der Waals surface area (Å²) in [5.74, 6) is 0. The van der Waals surface area contributed by atoms with Crippen molar-refractivity contribution < 1.29 is 4.42 Å². The van der Waals surface area contributed by atoms with Crippen LogP contribution in [0.15, 0.2) is 162 Å². The van der Waals surface area contributed by atoms with E-state index in [0.29, 0.717) is 0 Å². The minimum absolute atomic E-state index is 0.904. The van der Waals surface area contributed by atoms with Gasteiger partial charge in [0.15, 0.2) is 0 Å². The van der Waals surface area contributed by atoms with Crippen molar-refractivity contribution in [2.75, 3.05) is 0 Å². The van der Waals surface area contributed by atoms with Crippen molar-refractivity contribution in [1.29, 1.82) is 0 Å². The van der Waals surface area contributed by atoms with Crippen LogP contribution in [0.5, 0.6) is 0 Å². The summed E-state index contributed by atoms with van der Waals surface area (Å²) >= 11 is 0. The summed E-state index contributed by atoms with van der Waals surface area (Å²) in [6, 6.07) is 55.9. The van der Waals surface area contributed by atoms with Gasteiger partial charge in [-0.1, -0.05) is 129 Å². The Morgan fingerprint density at radius 1 is 0.438 bits per heavy atom. The molecule has 0 aliphatic heterocycles. The van der Waals surface area contributed by atoms with Crippen molar-refractivity contribution in [2.45, 2.75) is 13.8 Å². The average Bonchev–Trinajstić information content (AvgIpc) is 3.71. The number of para-hydroxylation sites is 4. The van der Waals surface area contributed by atoms with E-state index in [1.165, 1.54) is 32.9 Å². The van der Waals surface area contributed by atoms with E-state index in [9.17, 15) is 0 Å². The van der Waals surface area contributed by atoms with E-state index in [2.05, 4.69) is 150 Å². The second-order valence-corrected chi connectivity index (χ2v) is 11.9. The molecule has 0 aliphatic rings. The van der Waals surface area contributed by atoms with Gasteiger partial charge in [0.25, 0.3) is 0 Å². The largest absolute Gasteiger partial charge is 0.455 e. The summed E-state index contributed by atoms with van der Waals surface area (Å²) in [5.41, 5.74) is 10.8. The molecule has 3 nitrogen and oxygen atoms in total. The highest BCUT2D eigenvalue weighted by Crippen LogP contribution is 2.41. The van der Waals surface area contributed by atoms with Gasteiger partial charge in [0.05, 0.1) is 22.2 Å². The van der Waals surface area contributed by atoms with Crippen LogP contribution in [0.25, 0.3) is 93.5 Å². The highest BCUT2D eigenvalue weighted by Gasteiger charge is 2.17. The van der Waals surface area contributed by atoms with Gasteiger partial charge in [0, 0.05) is 49.0 Å². The SMILES string of the molecule is CC.c1ccc2c(c1)nc(-c1ccc(-c3ccc(-n4c5ccccc5c5ccccc54)cc3)cc1)c1ccc3c4ccccc4oc3c12. The Labute approximate surface area is 278 Å². The summed E-state index contributed by atoms with van der Waals surface area (Å²) in [6.07, 6.45) is 0. The molecule has 7 aromatic carbocycles. The lowest BCUT2D eigenvalue weighted by Gasteiger charge is -2.12. The first kappa shape index (κ1) is 28.1. The summed E-state index contributed by atoms with van der Waals surface area (Å²) in [5, 5.41) is 8.11. The Balaban J connectivity index is 0.00000154. The van der Waals surface area contributed by atoms with Crippen molar-refractivity contribution in [3.8, 4) is 28.1 Å². The van der Waals surface area contributed by atoms with Crippen LogP contribution in [0, 0.1) is 0 Å². The van der Waals surface area contributed by atoms with Crippen LogP contribution in [0.4, 0.5) is 0 Å². The zero-order valence-corrected chi connectivity index (χ0v) is 26.8. The zero-order valence-electron chi connectivity index (χ0n) is 26.8. The topological polar surface area (TPSA) is 31.0 Å². The standard InChI is InChI=1S/C43H26N2O.C2H6/c1-5-13-37-35(12-1)41-36(26-25-34-33-11-4-8-16-40(33)46-43(34)41)42(44-37)29-19-17-27(18-20-29)28-21-23-30(24-22-28)45-38-14-6-2-9-31(38)32-10-3-7-15-39(32)45;1-2/h1-26H;1-2H3. The van der Waals surface area contributed by atoms with Gasteiger partial charge in [-0.05, 0) is 53.6 Å². The summed E-state index contributed by atoms with van der Waals surface area (Å²) in [6.45, 7) is 4.00. The van der Waals surface area contributed by atoms with Crippen LogP contribution in [-0.2, 0) is 0 Å². The van der Waals surface area contributed by atoms with E-state index in [4.69, 9.17) is 9.40 Å². The van der Waals surface area contributed by atoms with Gasteiger partial charge in [0.2, 0.25) is 0 Å². The molecule has 10 rings (SSSR count). The second kappa shape index (κ2) is 11.3. The van der Waals surface area contributed by atoms with E-state index in [1.54, 1.807) is 0 Å². The maximum Gasteiger partial charge on any atom is 0.144 e. The van der Waals surface area contributed by atoms with Gasteiger partial charge in [-0.15, -0.1) is 0 Å². The van der Waals surface area contributed by atoms with Crippen molar-refractivity contribution in [3.63, 3.8) is 0 Å². The van der Waals surface area contributed by atoms with E-state index in [1.807, 2.05) is 26.0 Å². The molecule has 0 N–H and O–H groups in total. The number of hydrogen-bond donors (Lipinski definition) is 0. The molecule has 0 atom stereocenters. The summed E-state index contributed by atoms with van der Waals surface area (Å²) in [7, 11) is 0. The van der Waals surface area contributed by atoms with Crippen molar-refractivity contribution >= 4 is 65.4 Å². The number of benzene rings is 7. The van der Waals surface area contributed by atoms with Gasteiger partial charge in [0.1, 0.15) is 11.2 Å². The lowest BCUT2D eigenvalue weighted by molar-refractivity contribution is 0.673. The molecule has 3 heteroatoms. The molecule has 10 aromatic rings. The van der Waals surface area contributed by atoms with Crippen molar-refractivity contribution in [2.24, 2.45) is 0 Å². The molecule has 3 heterocycles. The summed E-state index contributed by atoms with van der Waals surface area (Å²) in [4.78, 5) is 5.18. The Bertz CT molecular complexity index is 2730. The normalized spacial score (nSPS) is 11.5. The average molecular weight is 617 g/mol. The first-order chi connectivity index (χ1) is 23.8. The number of aromatic nitrogens is 2. The Morgan fingerprint density at radius 3 is 1.65 bits per heavy atom. The molecule has 0 saturated carbocycles. The van der Waals surface area contributed by atoms with Crippen LogP contribution in [0.2, 0.25) is 0 Å². The van der Waals surface area contributed by atoms with Crippen molar-refractivity contribution in [3.05, 3.63) is 158 Å². The third-order valence-corrected chi connectivity index (χ3v) is 9.40. The van der Waals surface area contributed by atoms with Gasteiger partial charge in [-0.3, -0.25) is 0 Å². The van der Waals surface area contributed by atoms with Crippen molar-refractivity contribution in [1.82, 2.24) is 9.55 Å². The molecule has 3 aromatic heterocycles. The maximum atomic E-state index is 6.50. The monoisotopic (exact) mass is 616 g/mol. The third-order valence-electron chi connectivity index (χ3n) is 9.40. The lowest BCUT2D eigenvalue weighted by Crippen LogP contribution is -1.93. The number of nitrogens with zero attached hydrogens (tertiary/aromatic N) is 2. The first-order valence-electron chi connectivity index (χ1n) is 16.6. The fourth-order valence-corrected chi connectivity index (χ4v) is 7.26. The Kier molecular flexibility index (Phi) is 6.58. The fourth-order valence-electron chi connectivity index (χ4n) is 7.26. The fraction of sp³-hybridized carbons (Fsp3) is 0.0444. The van der Waals surface area contributed by atoms with E-state index in [-0.39, 0.29) is 0 Å². The molecule has 0 amide bonds. The minimum atomic E-state index is 0.904. The maximum absolute atomic E-state index is 6.50. The van der Waals surface area contributed by atoms with Crippen LogP contribution < -0.4 is 0 Å². The van der Waals surface area contributed by atoms with Crippen LogP contribution in [0.1, 0.15) is 13.8 Å². The lowest BCUT2D eigenvalue weighted by atomic mass is 9.96. The molecule has 48 heavy (non-hydrogen) atoms. The van der Waals surface area contributed by atoms with E-state index < -0.39 is 0 Å². The van der Waals surface area contributed by atoms with E-state index >= 15 is 0 Å². The van der Waals surface area contributed by atoms with Crippen LogP contribution in [-0.4, -0.2) is 9.55 Å².